The van der Waals surface area contributed by atoms with Crippen LogP contribution in [0.1, 0.15) is 35.9 Å². The molecule has 2 N–H and O–H groups in total. The highest BCUT2D eigenvalue weighted by Crippen LogP contribution is 2.25. The molecule has 0 radical (unpaired) electrons. The highest BCUT2D eigenvalue weighted by atomic mass is 32.1. The van der Waals surface area contributed by atoms with E-state index in [1.807, 2.05) is 11.0 Å². The van der Waals surface area contributed by atoms with Gasteiger partial charge in [0.15, 0.2) is 0 Å². The summed E-state index contributed by atoms with van der Waals surface area (Å²) in [5, 5.41) is 0. The van der Waals surface area contributed by atoms with Crippen LogP contribution in [-0.4, -0.2) is 23.9 Å². The first kappa shape index (κ1) is 14.1. The van der Waals surface area contributed by atoms with Gasteiger partial charge in [0.1, 0.15) is 0 Å². The lowest BCUT2D eigenvalue weighted by Gasteiger charge is -2.15. The van der Waals surface area contributed by atoms with Crippen molar-refractivity contribution in [2.45, 2.75) is 32.7 Å². The van der Waals surface area contributed by atoms with Crippen LogP contribution in [0.25, 0.3) is 0 Å². The van der Waals surface area contributed by atoms with E-state index in [4.69, 9.17) is 5.73 Å². The molecule has 1 aromatic rings. The lowest BCUT2D eigenvalue weighted by Crippen LogP contribution is -2.24. The Morgan fingerprint density at radius 1 is 1.53 bits per heavy atom. The van der Waals surface area contributed by atoms with Crippen molar-refractivity contribution in [2.24, 2.45) is 11.7 Å². The number of carbonyl (C=O) groups is 1. The Labute approximate surface area is 118 Å². The van der Waals surface area contributed by atoms with Gasteiger partial charge in [-0.3, -0.25) is 4.79 Å². The number of amides is 1. The lowest BCUT2D eigenvalue weighted by atomic mass is 10.0. The minimum absolute atomic E-state index is 0.293. The number of nitrogens with two attached hydrogens (primary N) is 1. The summed E-state index contributed by atoms with van der Waals surface area (Å²) < 4.78 is 0. The second kappa shape index (κ2) is 6.74. The summed E-state index contributed by atoms with van der Waals surface area (Å²) >= 11 is 1.65. The van der Waals surface area contributed by atoms with Crippen LogP contribution in [0.3, 0.4) is 0 Å². The molecule has 2 rings (SSSR count). The van der Waals surface area contributed by atoms with E-state index in [0.29, 0.717) is 18.4 Å². The third kappa shape index (κ3) is 3.82. The number of hydrogen-bond acceptors (Lipinski definition) is 3. The number of nitrogens with zero attached hydrogens (tertiary/aromatic N) is 1. The fraction of sp³-hybridized carbons (Fsp3) is 0.533. The van der Waals surface area contributed by atoms with Gasteiger partial charge in [-0.15, -0.1) is 11.3 Å². The highest BCUT2D eigenvalue weighted by molar-refractivity contribution is 7.12. The molecule has 1 unspecified atom stereocenters. The molecular formula is C15H20N2OS. The first-order valence-corrected chi connectivity index (χ1v) is 7.60. The van der Waals surface area contributed by atoms with Crippen molar-refractivity contribution in [3.8, 4) is 11.8 Å². The SMILES string of the molecule is CCCC1CC(=O)N(Cc2ccc(C#CCN)s2)C1. The van der Waals surface area contributed by atoms with Crippen LogP contribution in [0.15, 0.2) is 12.1 Å². The van der Waals surface area contributed by atoms with Crippen molar-refractivity contribution in [3.63, 3.8) is 0 Å². The first-order valence-electron chi connectivity index (χ1n) is 6.78. The Bertz CT molecular complexity index is 498. The zero-order valence-electron chi connectivity index (χ0n) is 11.3. The van der Waals surface area contributed by atoms with Crippen molar-refractivity contribution in [1.29, 1.82) is 0 Å². The second-order valence-electron chi connectivity index (χ2n) is 4.90. The van der Waals surface area contributed by atoms with Crippen LogP contribution in [0.2, 0.25) is 0 Å². The minimum Gasteiger partial charge on any atom is -0.337 e. The third-order valence-electron chi connectivity index (χ3n) is 3.31. The molecule has 1 aliphatic rings. The van der Waals surface area contributed by atoms with Crippen LogP contribution in [0, 0.1) is 17.8 Å². The predicted molar refractivity (Wildman–Crippen MR) is 78.7 cm³/mol. The van der Waals surface area contributed by atoms with Crippen molar-refractivity contribution in [3.05, 3.63) is 21.9 Å². The van der Waals surface area contributed by atoms with Crippen LogP contribution in [-0.2, 0) is 11.3 Å². The molecule has 102 valence electrons. The summed E-state index contributed by atoms with van der Waals surface area (Å²) in [5.74, 6) is 6.72. The maximum absolute atomic E-state index is 11.9. The quantitative estimate of drug-likeness (QED) is 0.857. The molecule has 1 amide bonds. The average Bonchev–Trinajstić information content (AvgIpc) is 2.96. The van der Waals surface area contributed by atoms with Crippen LogP contribution < -0.4 is 5.73 Å². The van der Waals surface area contributed by atoms with Crippen LogP contribution in [0.5, 0.6) is 0 Å². The summed E-state index contributed by atoms with van der Waals surface area (Å²) in [6, 6.07) is 4.07. The van der Waals surface area contributed by atoms with Crippen LogP contribution >= 0.6 is 11.3 Å². The molecule has 1 fully saturated rings. The van der Waals surface area contributed by atoms with Gasteiger partial charge < -0.3 is 10.6 Å². The predicted octanol–water partition coefficient (Wildman–Crippen LogP) is 2.21. The molecule has 3 nitrogen and oxygen atoms in total. The molecule has 4 heteroatoms. The molecule has 0 aromatic carbocycles. The minimum atomic E-state index is 0.293. The molecule has 2 heterocycles. The van der Waals surface area contributed by atoms with Gasteiger partial charge in [-0.05, 0) is 24.5 Å². The third-order valence-corrected chi connectivity index (χ3v) is 4.30. The number of rotatable bonds is 4. The molecule has 0 aliphatic carbocycles. The molecule has 0 saturated carbocycles. The molecule has 1 saturated heterocycles. The van der Waals surface area contributed by atoms with Gasteiger partial charge >= 0.3 is 0 Å². The van der Waals surface area contributed by atoms with E-state index in [0.717, 1.165) is 37.2 Å². The van der Waals surface area contributed by atoms with Crippen molar-refractivity contribution < 1.29 is 4.79 Å². The standard InChI is InChI=1S/C15H20N2OS/c1-2-4-12-9-15(18)17(10-12)11-14-7-6-13(19-14)5-3-8-16/h6-7,12H,2,4,8-11,16H2,1H3. The fourth-order valence-corrected chi connectivity index (χ4v) is 3.36. The van der Waals surface area contributed by atoms with Gasteiger partial charge in [-0.25, -0.2) is 0 Å². The van der Waals surface area contributed by atoms with Gasteiger partial charge in [-0.2, -0.15) is 0 Å². The highest BCUT2D eigenvalue weighted by Gasteiger charge is 2.28. The molecule has 1 atom stereocenters. The molecule has 1 aliphatic heterocycles. The summed E-state index contributed by atoms with van der Waals surface area (Å²) in [6.07, 6.45) is 3.03. The lowest BCUT2D eigenvalue weighted by molar-refractivity contribution is -0.128. The van der Waals surface area contributed by atoms with E-state index < -0.39 is 0 Å². The topological polar surface area (TPSA) is 46.3 Å². The van der Waals surface area contributed by atoms with Crippen molar-refractivity contribution >= 4 is 17.2 Å². The van der Waals surface area contributed by atoms with E-state index in [-0.39, 0.29) is 0 Å². The molecular weight excluding hydrogens is 256 g/mol. The Kier molecular flexibility index (Phi) is 5.00. The van der Waals surface area contributed by atoms with Gasteiger partial charge in [0.25, 0.3) is 0 Å². The number of hydrogen-bond donors (Lipinski definition) is 1. The molecule has 19 heavy (non-hydrogen) atoms. The largest absolute Gasteiger partial charge is 0.337 e. The fourth-order valence-electron chi connectivity index (χ4n) is 2.46. The maximum atomic E-state index is 11.9. The van der Waals surface area contributed by atoms with Gasteiger partial charge in [-0.1, -0.05) is 25.2 Å². The molecule has 1 aromatic heterocycles. The van der Waals surface area contributed by atoms with E-state index in [2.05, 4.69) is 24.8 Å². The van der Waals surface area contributed by atoms with Gasteiger partial charge in [0.2, 0.25) is 5.91 Å². The first-order chi connectivity index (χ1) is 9.22. The zero-order chi connectivity index (χ0) is 13.7. The number of carbonyl (C=O) groups excluding carboxylic acids is 1. The summed E-state index contributed by atoms with van der Waals surface area (Å²) in [7, 11) is 0. The van der Waals surface area contributed by atoms with Gasteiger partial charge in [0, 0.05) is 17.8 Å². The summed E-state index contributed by atoms with van der Waals surface area (Å²) in [4.78, 5) is 16.1. The van der Waals surface area contributed by atoms with E-state index in [1.54, 1.807) is 11.3 Å². The Morgan fingerprint density at radius 2 is 2.37 bits per heavy atom. The Morgan fingerprint density at radius 3 is 3.11 bits per heavy atom. The van der Waals surface area contributed by atoms with Gasteiger partial charge in [0.05, 0.1) is 18.0 Å². The van der Waals surface area contributed by atoms with E-state index in [9.17, 15) is 4.79 Å². The zero-order valence-corrected chi connectivity index (χ0v) is 12.1. The Balaban J connectivity index is 1.94. The Hall–Kier alpha value is -1.31. The average molecular weight is 276 g/mol. The number of likely N-dealkylation sites (tertiary alicyclic amines) is 1. The maximum Gasteiger partial charge on any atom is 0.223 e. The monoisotopic (exact) mass is 276 g/mol. The normalized spacial score (nSPS) is 18.5. The summed E-state index contributed by atoms with van der Waals surface area (Å²) in [5.41, 5.74) is 5.36. The second-order valence-corrected chi connectivity index (χ2v) is 6.07. The smallest absolute Gasteiger partial charge is 0.223 e. The number of thiophene rings is 1. The summed E-state index contributed by atoms with van der Waals surface area (Å²) in [6.45, 7) is 4.20. The molecule has 0 bridgehead atoms. The molecule has 0 spiro atoms. The van der Waals surface area contributed by atoms with Crippen LogP contribution in [0.4, 0.5) is 0 Å². The van der Waals surface area contributed by atoms with E-state index >= 15 is 0 Å². The van der Waals surface area contributed by atoms with Crippen molar-refractivity contribution in [2.75, 3.05) is 13.1 Å². The van der Waals surface area contributed by atoms with E-state index in [1.165, 1.54) is 4.88 Å². The van der Waals surface area contributed by atoms with Crippen molar-refractivity contribution in [1.82, 2.24) is 4.90 Å².